The fourth-order valence-corrected chi connectivity index (χ4v) is 2.81. The number of benzene rings is 1. The summed E-state index contributed by atoms with van der Waals surface area (Å²) >= 11 is 0. The van der Waals surface area contributed by atoms with Crippen LogP contribution < -0.4 is 5.32 Å². The number of hydrogen-bond donors (Lipinski definition) is 1. The van der Waals surface area contributed by atoms with Crippen LogP contribution >= 0.6 is 0 Å². The molecule has 0 saturated carbocycles. The van der Waals surface area contributed by atoms with Gasteiger partial charge in [-0.2, -0.15) is 0 Å². The van der Waals surface area contributed by atoms with Crippen LogP contribution in [0.2, 0.25) is 0 Å². The highest BCUT2D eigenvalue weighted by Crippen LogP contribution is 2.20. The lowest BCUT2D eigenvalue weighted by Crippen LogP contribution is -2.42. The van der Waals surface area contributed by atoms with Crippen molar-refractivity contribution in [3.05, 3.63) is 42.0 Å². The van der Waals surface area contributed by atoms with E-state index in [-0.39, 0.29) is 23.7 Å². The Morgan fingerprint density at radius 3 is 2.50 bits per heavy atom. The van der Waals surface area contributed by atoms with Gasteiger partial charge in [0.2, 0.25) is 5.91 Å². The summed E-state index contributed by atoms with van der Waals surface area (Å²) in [4.78, 5) is 37.8. The van der Waals surface area contributed by atoms with Crippen LogP contribution in [0.3, 0.4) is 0 Å². The van der Waals surface area contributed by atoms with Gasteiger partial charge in [0.25, 0.3) is 5.91 Å². The molecule has 1 aromatic carbocycles. The summed E-state index contributed by atoms with van der Waals surface area (Å²) in [6.07, 6.45) is 3.65. The van der Waals surface area contributed by atoms with Crippen LogP contribution in [0.4, 0.5) is 0 Å². The Morgan fingerprint density at radius 1 is 1.23 bits per heavy atom. The van der Waals surface area contributed by atoms with E-state index in [1.165, 1.54) is 0 Å². The number of nitrogens with zero attached hydrogens (tertiary/aromatic N) is 1. The van der Waals surface area contributed by atoms with E-state index in [0.717, 1.165) is 5.56 Å². The maximum Gasteiger partial charge on any atom is 0.309 e. The van der Waals surface area contributed by atoms with E-state index in [1.807, 2.05) is 37.3 Å². The Hall–Kier alpha value is -2.63. The molecule has 0 aliphatic carbocycles. The summed E-state index contributed by atoms with van der Waals surface area (Å²) in [6, 6.07) is 9.63. The maximum atomic E-state index is 12.3. The van der Waals surface area contributed by atoms with Gasteiger partial charge in [0, 0.05) is 25.7 Å². The molecule has 0 spiro atoms. The molecule has 1 aromatic rings. The van der Waals surface area contributed by atoms with Crippen molar-refractivity contribution in [2.45, 2.75) is 32.8 Å². The molecule has 1 heterocycles. The minimum Gasteiger partial charge on any atom is -0.452 e. The third kappa shape index (κ3) is 5.72. The summed E-state index contributed by atoms with van der Waals surface area (Å²) in [5.41, 5.74) is 0.971. The normalized spacial score (nSPS) is 16.3. The molecule has 1 atom stereocenters. The average molecular weight is 358 g/mol. The Morgan fingerprint density at radius 2 is 1.88 bits per heavy atom. The number of hydrogen-bond acceptors (Lipinski definition) is 4. The third-order valence-corrected chi connectivity index (χ3v) is 4.37. The second-order valence-corrected chi connectivity index (χ2v) is 6.32. The molecule has 26 heavy (non-hydrogen) atoms. The zero-order valence-corrected chi connectivity index (χ0v) is 15.3. The van der Waals surface area contributed by atoms with Gasteiger partial charge < -0.3 is 15.0 Å². The van der Waals surface area contributed by atoms with Crippen LogP contribution in [-0.2, 0) is 19.1 Å². The van der Waals surface area contributed by atoms with E-state index < -0.39 is 6.10 Å². The van der Waals surface area contributed by atoms with Crippen molar-refractivity contribution >= 4 is 23.9 Å². The van der Waals surface area contributed by atoms with Gasteiger partial charge in [-0.25, -0.2) is 0 Å². The van der Waals surface area contributed by atoms with E-state index in [1.54, 1.807) is 24.0 Å². The lowest BCUT2D eigenvalue weighted by Gasteiger charge is -2.30. The van der Waals surface area contributed by atoms with E-state index in [9.17, 15) is 14.4 Å². The first-order chi connectivity index (χ1) is 12.5. The van der Waals surface area contributed by atoms with Crippen molar-refractivity contribution in [3.63, 3.8) is 0 Å². The number of ether oxygens (including phenoxy) is 1. The van der Waals surface area contributed by atoms with Crippen LogP contribution in [0.5, 0.6) is 0 Å². The minimum absolute atomic E-state index is 0.0589. The fraction of sp³-hybridized carbons (Fsp3) is 0.450. The number of esters is 1. The number of nitrogens with one attached hydrogen (secondary N) is 1. The lowest BCUT2D eigenvalue weighted by atomic mass is 9.97. The Balaban J connectivity index is 1.79. The zero-order chi connectivity index (χ0) is 18.9. The second-order valence-electron chi connectivity index (χ2n) is 6.32. The molecule has 6 nitrogen and oxygen atoms in total. The van der Waals surface area contributed by atoms with Gasteiger partial charge in [-0.3, -0.25) is 14.4 Å². The molecule has 1 N–H and O–H groups in total. The van der Waals surface area contributed by atoms with Crippen molar-refractivity contribution in [2.24, 2.45) is 5.92 Å². The summed E-state index contributed by atoms with van der Waals surface area (Å²) in [5.74, 6) is -0.986. The molecule has 6 heteroatoms. The SMILES string of the molecule is CCNC(=O)[C@@H](C)OC(=O)C1CCN(C(=O)/C=C/c2ccccc2)CC1. The van der Waals surface area contributed by atoms with Crippen LogP contribution in [0.15, 0.2) is 36.4 Å². The van der Waals surface area contributed by atoms with Gasteiger partial charge in [0.1, 0.15) is 0 Å². The smallest absolute Gasteiger partial charge is 0.309 e. The van der Waals surface area contributed by atoms with Gasteiger partial charge in [-0.05, 0) is 38.3 Å². The quantitative estimate of drug-likeness (QED) is 0.623. The van der Waals surface area contributed by atoms with E-state index in [0.29, 0.717) is 32.5 Å². The number of likely N-dealkylation sites (tertiary alicyclic amines) is 1. The highest BCUT2D eigenvalue weighted by atomic mass is 16.5. The molecule has 0 radical (unpaired) electrons. The monoisotopic (exact) mass is 358 g/mol. The Kier molecular flexibility index (Phi) is 7.38. The largest absolute Gasteiger partial charge is 0.452 e. The highest BCUT2D eigenvalue weighted by molar-refractivity contribution is 5.92. The van der Waals surface area contributed by atoms with Gasteiger partial charge in [0.15, 0.2) is 6.10 Å². The molecular formula is C20H26N2O4. The predicted octanol–water partition coefficient (Wildman–Crippen LogP) is 2.01. The molecule has 1 saturated heterocycles. The minimum atomic E-state index is -0.795. The molecule has 1 fully saturated rings. The summed E-state index contributed by atoms with van der Waals surface area (Å²) in [6.45, 7) is 4.89. The van der Waals surface area contributed by atoms with Crippen LogP contribution in [0, 0.1) is 5.92 Å². The molecule has 2 rings (SSSR count). The molecular weight excluding hydrogens is 332 g/mol. The molecule has 0 aromatic heterocycles. The third-order valence-electron chi connectivity index (χ3n) is 4.37. The van der Waals surface area contributed by atoms with Crippen molar-refractivity contribution in [1.82, 2.24) is 10.2 Å². The molecule has 0 bridgehead atoms. The van der Waals surface area contributed by atoms with Crippen molar-refractivity contribution < 1.29 is 19.1 Å². The van der Waals surface area contributed by atoms with Crippen molar-refractivity contribution in [3.8, 4) is 0 Å². The van der Waals surface area contributed by atoms with Crippen LogP contribution in [0.1, 0.15) is 32.3 Å². The number of rotatable bonds is 6. The first-order valence-electron chi connectivity index (χ1n) is 9.01. The van der Waals surface area contributed by atoms with E-state index in [4.69, 9.17) is 4.74 Å². The standard InChI is InChI=1S/C20H26N2O4/c1-3-21-19(24)15(2)26-20(25)17-11-13-22(14-12-17)18(23)10-9-16-7-5-4-6-8-16/h4-10,15,17H,3,11-14H2,1-2H3,(H,21,24)/b10-9+/t15-/m1/s1. The van der Waals surface area contributed by atoms with Gasteiger partial charge in [-0.1, -0.05) is 30.3 Å². The molecule has 1 aliphatic rings. The van der Waals surface area contributed by atoms with Gasteiger partial charge >= 0.3 is 5.97 Å². The van der Waals surface area contributed by atoms with Crippen LogP contribution in [-0.4, -0.2) is 48.4 Å². The van der Waals surface area contributed by atoms with Gasteiger partial charge in [-0.15, -0.1) is 0 Å². The maximum absolute atomic E-state index is 12.3. The van der Waals surface area contributed by atoms with Crippen molar-refractivity contribution in [2.75, 3.05) is 19.6 Å². The number of carbonyl (C=O) groups excluding carboxylic acids is 3. The number of amides is 2. The second kappa shape index (κ2) is 9.75. The first-order valence-corrected chi connectivity index (χ1v) is 9.01. The summed E-state index contributed by atoms with van der Waals surface area (Å²) in [5, 5.41) is 2.63. The Bertz CT molecular complexity index is 649. The van der Waals surface area contributed by atoms with Gasteiger partial charge in [0.05, 0.1) is 5.92 Å². The number of likely N-dealkylation sites (N-methyl/N-ethyl adjacent to an activating group) is 1. The number of piperidine rings is 1. The lowest BCUT2D eigenvalue weighted by molar-refractivity contribution is -0.160. The summed E-state index contributed by atoms with van der Waals surface area (Å²) in [7, 11) is 0. The highest BCUT2D eigenvalue weighted by Gasteiger charge is 2.29. The average Bonchev–Trinajstić information content (AvgIpc) is 2.67. The number of carbonyl (C=O) groups is 3. The first kappa shape index (κ1) is 19.7. The van der Waals surface area contributed by atoms with Crippen molar-refractivity contribution in [1.29, 1.82) is 0 Å². The summed E-state index contributed by atoms with van der Waals surface area (Å²) < 4.78 is 5.24. The topological polar surface area (TPSA) is 75.7 Å². The molecule has 140 valence electrons. The van der Waals surface area contributed by atoms with E-state index in [2.05, 4.69) is 5.32 Å². The fourth-order valence-electron chi connectivity index (χ4n) is 2.81. The predicted molar refractivity (Wildman–Crippen MR) is 99.0 cm³/mol. The van der Waals surface area contributed by atoms with Crippen LogP contribution in [0.25, 0.3) is 6.08 Å². The molecule has 0 unspecified atom stereocenters. The Labute approximate surface area is 154 Å². The van der Waals surface area contributed by atoms with E-state index >= 15 is 0 Å². The molecule has 1 aliphatic heterocycles. The zero-order valence-electron chi connectivity index (χ0n) is 15.3. The molecule has 2 amide bonds.